The largest absolute Gasteiger partial charge is 0.380 e. The molecule has 1 heterocycles. The molecule has 2 unspecified atom stereocenters. The van der Waals surface area contributed by atoms with Crippen LogP contribution < -0.4 is 5.32 Å². The van der Waals surface area contributed by atoms with Crippen LogP contribution in [0.2, 0.25) is 0 Å². The van der Waals surface area contributed by atoms with Gasteiger partial charge in [0.25, 0.3) is 0 Å². The summed E-state index contributed by atoms with van der Waals surface area (Å²) >= 11 is 0. The smallest absolute Gasteiger partial charge is 0.0593 e. The molecule has 19 heavy (non-hydrogen) atoms. The average Bonchev–Trinajstić information content (AvgIpc) is 2.33. The summed E-state index contributed by atoms with van der Waals surface area (Å²) in [6.45, 7) is 18.9. The molecule has 3 heteroatoms. The minimum absolute atomic E-state index is 0.324. The lowest BCUT2D eigenvalue weighted by Crippen LogP contribution is -2.62. The molecule has 0 aromatic carbocycles. The Bertz CT molecular complexity index is 248. The van der Waals surface area contributed by atoms with Crippen LogP contribution in [0.4, 0.5) is 0 Å². The quantitative estimate of drug-likeness (QED) is 0.751. The molecule has 2 atom stereocenters. The van der Waals surface area contributed by atoms with Gasteiger partial charge in [-0.2, -0.15) is 0 Å². The molecule has 1 N–H and O–H groups in total. The van der Waals surface area contributed by atoms with Crippen LogP contribution in [0.5, 0.6) is 0 Å². The van der Waals surface area contributed by atoms with E-state index in [4.69, 9.17) is 4.74 Å². The molecular weight excluding hydrogens is 236 g/mol. The van der Waals surface area contributed by atoms with Crippen LogP contribution >= 0.6 is 0 Å². The number of piperazine rings is 1. The first-order valence-electron chi connectivity index (χ1n) is 7.91. The number of nitrogens with zero attached hydrogens (tertiary/aromatic N) is 1. The molecule has 114 valence electrons. The van der Waals surface area contributed by atoms with Gasteiger partial charge in [0.05, 0.1) is 6.61 Å². The van der Waals surface area contributed by atoms with Gasteiger partial charge in [0.2, 0.25) is 0 Å². The topological polar surface area (TPSA) is 24.5 Å². The van der Waals surface area contributed by atoms with Gasteiger partial charge in [-0.15, -0.1) is 0 Å². The third-order valence-corrected chi connectivity index (χ3v) is 4.15. The summed E-state index contributed by atoms with van der Waals surface area (Å²) < 4.78 is 5.67. The lowest BCUT2D eigenvalue weighted by molar-refractivity contribution is 0.0316. The summed E-state index contributed by atoms with van der Waals surface area (Å²) in [6.07, 6.45) is 1.11. The molecule has 0 aromatic heterocycles. The highest BCUT2D eigenvalue weighted by atomic mass is 16.5. The highest BCUT2D eigenvalue weighted by Gasteiger charge is 2.34. The first-order chi connectivity index (χ1) is 8.86. The molecule has 1 aliphatic heterocycles. The van der Waals surface area contributed by atoms with Crippen molar-refractivity contribution < 1.29 is 4.74 Å². The predicted octanol–water partition coefficient (Wildman–Crippen LogP) is 2.76. The van der Waals surface area contributed by atoms with Gasteiger partial charge in [-0.05, 0) is 17.8 Å². The number of hydrogen-bond donors (Lipinski definition) is 1. The van der Waals surface area contributed by atoms with E-state index in [2.05, 4.69) is 51.8 Å². The Morgan fingerprint density at radius 2 is 1.95 bits per heavy atom. The molecule has 0 saturated carbocycles. The molecule has 1 aliphatic rings. The standard InChI is InChI=1S/C16H34N2O/c1-7-9-19-10-8-18-12-15(16(4,5)6)17-11-14(18)13(2)3/h13-15,17H,7-12H2,1-6H3. The minimum Gasteiger partial charge on any atom is -0.380 e. The maximum atomic E-state index is 5.67. The van der Waals surface area contributed by atoms with Gasteiger partial charge in [-0.25, -0.2) is 0 Å². The Kier molecular flexibility index (Phi) is 6.78. The van der Waals surface area contributed by atoms with E-state index in [9.17, 15) is 0 Å². The summed E-state index contributed by atoms with van der Waals surface area (Å²) in [6, 6.07) is 1.22. The van der Waals surface area contributed by atoms with Crippen molar-refractivity contribution in [3.8, 4) is 0 Å². The number of nitrogens with one attached hydrogen (secondary N) is 1. The summed E-state index contributed by atoms with van der Waals surface area (Å²) in [5.74, 6) is 0.694. The van der Waals surface area contributed by atoms with Crippen molar-refractivity contribution in [1.82, 2.24) is 10.2 Å². The minimum atomic E-state index is 0.324. The second-order valence-electron chi connectivity index (χ2n) is 7.25. The summed E-state index contributed by atoms with van der Waals surface area (Å²) in [7, 11) is 0. The molecule has 0 aliphatic carbocycles. The molecule has 0 radical (unpaired) electrons. The van der Waals surface area contributed by atoms with E-state index in [1.807, 2.05) is 0 Å². The molecule has 0 amide bonds. The van der Waals surface area contributed by atoms with Crippen molar-refractivity contribution in [1.29, 1.82) is 0 Å². The van der Waals surface area contributed by atoms with Crippen LogP contribution in [-0.2, 0) is 4.74 Å². The van der Waals surface area contributed by atoms with Crippen molar-refractivity contribution in [2.45, 2.75) is 60.0 Å². The lowest BCUT2D eigenvalue weighted by Gasteiger charge is -2.46. The monoisotopic (exact) mass is 270 g/mol. The Hall–Kier alpha value is -0.120. The molecule has 0 aromatic rings. The van der Waals surface area contributed by atoms with Gasteiger partial charge < -0.3 is 10.1 Å². The number of rotatable bonds is 6. The van der Waals surface area contributed by atoms with Gasteiger partial charge in [0.1, 0.15) is 0 Å². The van der Waals surface area contributed by atoms with Crippen LogP contribution in [0.3, 0.4) is 0 Å². The predicted molar refractivity (Wildman–Crippen MR) is 82.6 cm³/mol. The normalized spacial score (nSPS) is 26.1. The zero-order chi connectivity index (χ0) is 14.5. The molecule has 1 rings (SSSR count). The van der Waals surface area contributed by atoms with E-state index in [-0.39, 0.29) is 0 Å². The molecular formula is C16H34N2O. The first-order valence-corrected chi connectivity index (χ1v) is 7.91. The first kappa shape index (κ1) is 16.9. The van der Waals surface area contributed by atoms with Crippen LogP contribution in [0, 0.1) is 11.3 Å². The van der Waals surface area contributed by atoms with E-state index >= 15 is 0 Å². The molecule has 1 fully saturated rings. The Morgan fingerprint density at radius 3 is 2.47 bits per heavy atom. The SMILES string of the molecule is CCCOCCN1CC(C(C)(C)C)NCC1C(C)C. The Balaban J connectivity index is 2.53. The molecule has 1 saturated heterocycles. The van der Waals surface area contributed by atoms with Crippen LogP contribution in [-0.4, -0.2) is 49.8 Å². The highest BCUT2D eigenvalue weighted by Crippen LogP contribution is 2.25. The van der Waals surface area contributed by atoms with Gasteiger partial charge in [-0.3, -0.25) is 4.90 Å². The average molecular weight is 270 g/mol. The van der Waals surface area contributed by atoms with E-state index in [1.165, 1.54) is 0 Å². The van der Waals surface area contributed by atoms with Crippen molar-refractivity contribution in [3.63, 3.8) is 0 Å². The molecule has 0 bridgehead atoms. The van der Waals surface area contributed by atoms with E-state index < -0.39 is 0 Å². The highest BCUT2D eigenvalue weighted by molar-refractivity contribution is 4.92. The Morgan fingerprint density at radius 1 is 1.26 bits per heavy atom. The maximum absolute atomic E-state index is 5.67. The Labute approximate surface area is 120 Å². The summed E-state index contributed by atoms with van der Waals surface area (Å²) in [5, 5.41) is 3.74. The van der Waals surface area contributed by atoms with Crippen molar-refractivity contribution in [2.24, 2.45) is 11.3 Å². The zero-order valence-corrected chi connectivity index (χ0v) is 13.8. The lowest BCUT2D eigenvalue weighted by atomic mass is 9.83. The van der Waals surface area contributed by atoms with Gasteiger partial charge in [0, 0.05) is 38.3 Å². The number of ether oxygens (including phenoxy) is 1. The van der Waals surface area contributed by atoms with Crippen molar-refractivity contribution in [3.05, 3.63) is 0 Å². The third-order valence-electron chi connectivity index (χ3n) is 4.15. The van der Waals surface area contributed by atoms with Crippen LogP contribution in [0.25, 0.3) is 0 Å². The van der Waals surface area contributed by atoms with Crippen molar-refractivity contribution in [2.75, 3.05) is 32.8 Å². The number of hydrogen-bond acceptors (Lipinski definition) is 3. The van der Waals surface area contributed by atoms with E-state index in [1.54, 1.807) is 0 Å². The summed E-state index contributed by atoms with van der Waals surface area (Å²) in [5.41, 5.74) is 0.324. The van der Waals surface area contributed by atoms with Crippen molar-refractivity contribution >= 4 is 0 Å². The van der Waals surface area contributed by atoms with Crippen LogP contribution in [0.15, 0.2) is 0 Å². The van der Waals surface area contributed by atoms with Gasteiger partial charge >= 0.3 is 0 Å². The fourth-order valence-corrected chi connectivity index (χ4v) is 2.75. The summed E-state index contributed by atoms with van der Waals surface area (Å²) in [4.78, 5) is 2.63. The van der Waals surface area contributed by atoms with Gasteiger partial charge in [0.15, 0.2) is 0 Å². The van der Waals surface area contributed by atoms with Gasteiger partial charge in [-0.1, -0.05) is 41.5 Å². The maximum Gasteiger partial charge on any atom is 0.0593 e. The van der Waals surface area contributed by atoms with E-state index in [0.29, 0.717) is 23.4 Å². The second-order valence-corrected chi connectivity index (χ2v) is 7.25. The molecule has 0 spiro atoms. The van der Waals surface area contributed by atoms with E-state index in [0.717, 1.165) is 39.3 Å². The fourth-order valence-electron chi connectivity index (χ4n) is 2.75. The second kappa shape index (κ2) is 7.61. The third kappa shape index (κ3) is 5.41. The molecule has 3 nitrogen and oxygen atoms in total. The van der Waals surface area contributed by atoms with Crippen LogP contribution in [0.1, 0.15) is 48.0 Å². The zero-order valence-electron chi connectivity index (χ0n) is 13.8. The fraction of sp³-hybridized carbons (Fsp3) is 1.00.